The largest absolute Gasteiger partial charge is 0.361 e. The lowest BCUT2D eigenvalue weighted by Crippen LogP contribution is -2.33. The molecule has 0 aliphatic carbocycles. The molecule has 2 N–H and O–H groups in total. The molecular weight excluding hydrogens is 268 g/mol. The zero-order chi connectivity index (χ0) is 14.0. The van der Waals surface area contributed by atoms with Gasteiger partial charge in [0.25, 0.3) is 0 Å². The van der Waals surface area contributed by atoms with E-state index in [0.717, 1.165) is 18.7 Å². The lowest BCUT2D eigenvalue weighted by Gasteiger charge is -2.06. The Labute approximate surface area is 123 Å². The van der Waals surface area contributed by atoms with E-state index in [9.17, 15) is 0 Å². The van der Waals surface area contributed by atoms with Crippen molar-refractivity contribution < 1.29 is 0 Å². The van der Waals surface area contributed by atoms with E-state index in [2.05, 4.69) is 33.0 Å². The van der Waals surface area contributed by atoms with E-state index >= 15 is 0 Å². The molecule has 0 aliphatic rings. The molecule has 20 heavy (non-hydrogen) atoms. The third-order valence-electron chi connectivity index (χ3n) is 2.59. The highest BCUT2D eigenvalue weighted by Gasteiger charge is 1.94. The van der Waals surface area contributed by atoms with Crippen LogP contribution < -0.4 is 10.7 Å². The molecule has 4 nitrogen and oxygen atoms in total. The molecule has 0 fully saturated rings. The SMILES string of the molecule is S=C(NCCc1ccccc1)N/N=C\c1ccccn1. The van der Waals surface area contributed by atoms with Gasteiger partial charge in [-0.1, -0.05) is 36.4 Å². The van der Waals surface area contributed by atoms with Gasteiger partial charge in [0.15, 0.2) is 5.11 Å². The summed E-state index contributed by atoms with van der Waals surface area (Å²) in [7, 11) is 0. The monoisotopic (exact) mass is 284 g/mol. The Morgan fingerprint density at radius 3 is 2.70 bits per heavy atom. The van der Waals surface area contributed by atoms with Crippen LogP contribution in [0.2, 0.25) is 0 Å². The number of benzene rings is 1. The van der Waals surface area contributed by atoms with Crippen LogP contribution in [-0.2, 0) is 6.42 Å². The first-order chi connectivity index (χ1) is 9.84. The highest BCUT2D eigenvalue weighted by Crippen LogP contribution is 1.97. The standard InChI is InChI=1S/C15H16N4S/c20-15(17-11-9-13-6-2-1-3-7-13)19-18-12-14-8-4-5-10-16-14/h1-8,10,12H,9,11H2,(H2,17,19,20)/b18-12-. The summed E-state index contributed by atoms with van der Waals surface area (Å²) in [6.07, 6.45) is 4.27. The first kappa shape index (κ1) is 14.1. The van der Waals surface area contributed by atoms with Crippen LogP contribution in [0.1, 0.15) is 11.3 Å². The number of nitrogens with one attached hydrogen (secondary N) is 2. The molecule has 2 rings (SSSR count). The van der Waals surface area contributed by atoms with Gasteiger partial charge in [-0.05, 0) is 36.3 Å². The number of hydrogen-bond acceptors (Lipinski definition) is 3. The molecule has 0 bridgehead atoms. The Kier molecular flexibility index (Phi) is 5.67. The van der Waals surface area contributed by atoms with Crippen molar-refractivity contribution in [2.24, 2.45) is 5.10 Å². The summed E-state index contributed by atoms with van der Waals surface area (Å²) >= 11 is 5.13. The highest BCUT2D eigenvalue weighted by atomic mass is 32.1. The van der Waals surface area contributed by atoms with Crippen molar-refractivity contribution in [2.45, 2.75) is 6.42 Å². The van der Waals surface area contributed by atoms with Crippen LogP contribution in [0, 0.1) is 0 Å². The molecule has 0 amide bonds. The molecule has 1 aromatic carbocycles. The lowest BCUT2D eigenvalue weighted by atomic mass is 10.1. The summed E-state index contributed by atoms with van der Waals surface area (Å²) in [5, 5.41) is 7.64. The molecule has 2 aromatic rings. The van der Waals surface area contributed by atoms with Gasteiger partial charge in [0.05, 0.1) is 11.9 Å². The zero-order valence-corrected chi connectivity index (χ0v) is 11.8. The lowest BCUT2D eigenvalue weighted by molar-refractivity contribution is 0.838. The van der Waals surface area contributed by atoms with Crippen LogP contribution in [0.25, 0.3) is 0 Å². The van der Waals surface area contributed by atoms with Gasteiger partial charge in [-0.2, -0.15) is 5.10 Å². The Morgan fingerprint density at radius 2 is 1.95 bits per heavy atom. The smallest absolute Gasteiger partial charge is 0.186 e. The van der Waals surface area contributed by atoms with Crippen LogP contribution >= 0.6 is 12.2 Å². The summed E-state index contributed by atoms with van der Waals surface area (Å²) in [5.74, 6) is 0. The topological polar surface area (TPSA) is 49.3 Å². The number of rotatable bonds is 5. The third kappa shape index (κ3) is 5.16. The van der Waals surface area contributed by atoms with E-state index < -0.39 is 0 Å². The van der Waals surface area contributed by atoms with Crippen LogP contribution in [-0.4, -0.2) is 22.9 Å². The van der Waals surface area contributed by atoms with E-state index in [1.165, 1.54) is 5.56 Å². The zero-order valence-electron chi connectivity index (χ0n) is 11.0. The average molecular weight is 284 g/mol. The maximum Gasteiger partial charge on any atom is 0.186 e. The van der Waals surface area contributed by atoms with Gasteiger partial charge < -0.3 is 5.32 Å². The summed E-state index contributed by atoms with van der Waals surface area (Å²) in [5.41, 5.74) is 4.83. The molecule has 1 aromatic heterocycles. The number of aromatic nitrogens is 1. The molecule has 0 radical (unpaired) electrons. The summed E-state index contributed by atoms with van der Waals surface area (Å²) < 4.78 is 0. The summed E-state index contributed by atoms with van der Waals surface area (Å²) in [6, 6.07) is 15.9. The number of hydrazone groups is 1. The molecule has 0 aliphatic heterocycles. The molecule has 0 unspecified atom stereocenters. The van der Waals surface area contributed by atoms with E-state index in [0.29, 0.717) is 5.11 Å². The second-order valence-electron chi connectivity index (χ2n) is 4.12. The van der Waals surface area contributed by atoms with Crippen molar-refractivity contribution in [3.8, 4) is 0 Å². The van der Waals surface area contributed by atoms with Crippen molar-refractivity contribution in [1.29, 1.82) is 0 Å². The fourth-order valence-electron chi connectivity index (χ4n) is 1.61. The number of thiocarbonyl (C=S) groups is 1. The maximum absolute atomic E-state index is 5.13. The van der Waals surface area contributed by atoms with E-state index in [1.54, 1.807) is 12.4 Å². The van der Waals surface area contributed by atoms with Crippen molar-refractivity contribution in [1.82, 2.24) is 15.7 Å². The number of pyridine rings is 1. The third-order valence-corrected chi connectivity index (χ3v) is 2.83. The van der Waals surface area contributed by atoms with Crippen molar-refractivity contribution in [3.63, 3.8) is 0 Å². The Morgan fingerprint density at radius 1 is 1.15 bits per heavy atom. The van der Waals surface area contributed by atoms with Crippen LogP contribution in [0.5, 0.6) is 0 Å². The number of hydrogen-bond donors (Lipinski definition) is 2. The van der Waals surface area contributed by atoms with Gasteiger partial charge in [-0.3, -0.25) is 10.4 Å². The molecule has 5 heteroatoms. The molecule has 0 spiro atoms. The molecule has 102 valence electrons. The molecule has 0 saturated carbocycles. The fraction of sp³-hybridized carbons (Fsp3) is 0.133. The average Bonchev–Trinajstić information content (AvgIpc) is 2.49. The summed E-state index contributed by atoms with van der Waals surface area (Å²) in [6.45, 7) is 0.773. The van der Waals surface area contributed by atoms with E-state index in [-0.39, 0.29) is 0 Å². The molecule has 0 atom stereocenters. The van der Waals surface area contributed by atoms with Gasteiger partial charge in [-0.25, -0.2) is 0 Å². The second kappa shape index (κ2) is 8.01. The van der Waals surface area contributed by atoms with Crippen LogP contribution in [0.3, 0.4) is 0 Å². The molecular formula is C15H16N4S. The van der Waals surface area contributed by atoms with Gasteiger partial charge in [0.1, 0.15) is 0 Å². The van der Waals surface area contributed by atoms with Crippen molar-refractivity contribution in [3.05, 3.63) is 66.0 Å². The van der Waals surface area contributed by atoms with Gasteiger partial charge in [0.2, 0.25) is 0 Å². The molecule has 1 heterocycles. The van der Waals surface area contributed by atoms with Gasteiger partial charge in [0, 0.05) is 12.7 Å². The predicted molar refractivity (Wildman–Crippen MR) is 85.7 cm³/mol. The first-order valence-corrected chi connectivity index (χ1v) is 6.77. The normalized spacial score (nSPS) is 10.4. The van der Waals surface area contributed by atoms with Crippen LogP contribution in [0.4, 0.5) is 0 Å². The quantitative estimate of drug-likeness (QED) is 0.502. The Balaban J connectivity index is 1.67. The fourth-order valence-corrected chi connectivity index (χ4v) is 1.77. The maximum atomic E-state index is 5.13. The van der Waals surface area contributed by atoms with Crippen molar-refractivity contribution in [2.75, 3.05) is 6.54 Å². The minimum atomic E-state index is 0.508. The minimum Gasteiger partial charge on any atom is -0.361 e. The second-order valence-corrected chi connectivity index (χ2v) is 4.52. The van der Waals surface area contributed by atoms with Gasteiger partial charge in [-0.15, -0.1) is 0 Å². The predicted octanol–water partition coefficient (Wildman–Crippen LogP) is 2.12. The number of nitrogens with zero attached hydrogens (tertiary/aromatic N) is 2. The van der Waals surface area contributed by atoms with Crippen LogP contribution in [0.15, 0.2) is 59.8 Å². The van der Waals surface area contributed by atoms with Crippen molar-refractivity contribution >= 4 is 23.5 Å². The Bertz CT molecular complexity index is 555. The first-order valence-electron chi connectivity index (χ1n) is 6.36. The molecule has 0 saturated heterocycles. The summed E-state index contributed by atoms with van der Waals surface area (Å²) in [4.78, 5) is 4.12. The van der Waals surface area contributed by atoms with E-state index in [4.69, 9.17) is 12.2 Å². The van der Waals surface area contributed by atoms with E-state index in [1.807, 2.05) is 36.4 Å². The minimum absolute atomic E-state index is 0.508. The highest BCUT2D eigenvalue weighted by molar-refractivity contribution is 7.80. The Hall–Kier alpha value is -2.27. The van der Waals surface area contributed by atoms with Gasteiger partial charge >= 0.3 is 0 Å².